The van der Waals surface area contributed by atoms with Crippen LogP contribution in [-0.2, 0) is 6.18 Å². The summed E-state index contributed by atoms with van der Waals surface area (Å²) in [5.74, 6) is -0.844. The van der Waals surface area contributed by atoms with Crippen molar-refractivity contribution in [1.82, 2.24) is 0 Å². The van der Waals surface area contributed by atoms with Gasteiger partial charge in [-0.15, -0.1) is 0 Å². The van der Waals surface area contributed by atoms with E-state index in [1.807, 2.05) is 0 Å². The summed E-state index contributed by atoms with van der Waals surface area (Å²) < 4.78 is 38.7. The second-order valence-electron chi connectivity index (χ2n) is 4.54. The summed E-state index contributed by atoms with van der Waals surface area (Å²) in [6.45, 7) is 1.71. The Labute approximate surface area is 119 Å². The number of nitrogens with two attached hydrogens (primary N) is 1. The number of benzene rings is 2. The number of halogens is 3. The van der Waals surface area contributed by atoms with Gasteiger partial charge in [0, 0.05) is 0 Å². The number of nitrogens with one attached hydrogen (secondary N) is 1. The molecule has 0 aliphatic heterocycles. The van der Waals surface area contributed by atoms with Gasteiger partial charge < -0.3 is 11.1 Å². The summed E-state index contributed by atoms with van der Waals surface area (Å²) >= 11 is 0. The van der Waals surface area contributed by atoms with E-state index in [1.165, 1.54) is 12.1 Å². The number of anilines is 2. The summed E-state index contributed by atoms with van der Waals surface area (Å²) in [7, 11) is 0. The van der Waals surface area contributed by atoms with E-state index in [9.17, 15) is 18.0 Å². The maximum Gasteiger partial charge on any atom is 0.417 e. The Morgan fingerprint density at radius 2 is 1.76 bits per heavy atom. The molecule has 2 aromatic carbocycles. The Morgan fingerprint density at radius 1 is 1.10 bits per heavy atom. The average Bonchev–Trinajstić information content (AvgIpc) is 2.42. The van der Waals surface area contributed by atoms with Crippen LogP contribution in [0.5, 0.6) is 0 Å². The zero-order valence-electron chi connectivity index (χ0n) is 11.2. The van der Waals surface area contributed by atoms with Crippen molar-refractivity contribution in [2.45, 2.75) is 13.1 Å². The highest BCUT2D eigenvalue weighted by Gasteiger charge is 2.34. The summed E-state index contributed by atoms with van der Waals surface area (Å²) in [5.41, 5.74) is 5.61. The number of hydrogen-bond acceptors (Lipinski definition) is 2. The number of nitrogen functional groups attached to an aromatic ring is 1. The molecule has 0 heterocycles. The molecule has 0 saturated carbocycles. The van der Waals surface area contributed by atoms with E-state index in [0.29, 0.717) is 16.9 Å². The highest BCUT2D eigenvalue weighted by Crippen LogP contribution is 2.32. The number of para-hydroxylation sites is 1. The standard InChI is InChI=1S/C15H13F3N2O/c1-9-5-4-8-12(19)13(9)20-14(21)10-6-2-3-7-11(10)15(16,17)18/h2-8H,19H2,1H3,(H,20,21). The SMILES string of the molecule is Cc1cccc(N)c1NC(=O)c1ccccc1C(F)(F)F. The Bertz CT molecular complexity index is 661. The number of carbonyl (C=O) groups excluding carboxylic acids is 1. The molecule has 6 heteroatoms. The van der Waals surface area contributed by atoms with Crippen LogP contribution in [0.15, 0.2) is 42.5 Å². The minimum absolute atomic E-state index is 0.299. The van der Waals surface area contributed by atoms with Crippen molar-refractivity contribution in [3.8, 4) is 0 Å². The third-order valence-electron chi connectivity index (χ3n) is 3.02. The van der Waals surface area contributed by atoms with E-state index in [1.54, 1.807) is 25.1 Å². The molecule has 2 aromatic rings. The van der Waals surface area contributed by atoms with Crippen molar-refractivity contribution in [2.75, 3.05) is 11.1 Å². The highest BCUT2D eigenvalue weighted by molar-refractivity contribution is 6.07. The lowest BCUT2D eigenvalue weighted by Crippen LogP contribution is -2.19. The van der Waals surface area contributed by atoms with Crippen LogP contribution >= 0.6 is 0 Å². The Hall–Kier alpha value is -2.50. The van der Waals surface area contributed by atoms with Gasteiger partial charge in [-0.05, 0) is 30.7 Å². The van der Waals surface area contributed by atoms with E-state index in [0.717, 1.165) is 12.1 Å². The molecule has 0 fully saturated rings. The van der Waals surface area contributed by atoms with Gasteiger partial charge in [0.1, 0.15) is 0 Å². The number of hydrogen-bond donors (Lipinski definition) is 2. The second-order valence-corrected chi connectivity index (χ2v) is 4.54. The Balaban J connectivity index is 2.38. The fourth-order valence-corrected chi connectivity index (χ4v) is 1.97. The van der Waals surface area contributed by atoms with Crippen molar-refractivity contribution in [3.63, 3.8) is 0 Å². The van der Waals surface area contributed by atoms with Gasteiger partial charge in [-0.1, -0.05) is 24.3 Å². The van der Waals surface area contributed by atoms with Crippen LogP contribution in [0.1, 0.15) is 21.5 Å². The van der Waals surface area contributed by atoms with E-state index >= 15 is 0 Å². The summed E-state index contributed by atoms with van der Waals surface area (Å²) in [6.07, 6.45) is -4.59. The van der Waals surface area contributed by atoms with Crippen LogP contribution in [0, 0.1) is 6.92 Å². The lowest BCUT2D eigenvalue weighted by atomic mass is 10.1. The fourth-order valence-electron chi connectivity index (χ4n) is 1.97. The molecule has 1 amide bonds. The fraction of sp³-hybridized carbons (Fsp3) is 0.133. The summed E-state index contributed by atoms with van der Waals surface area (Å²) in [4.78, 5) is 12.1. The Morgan fingerprint density at radius 3 is 2.38 bits per heavy atom. The number of carbonyl (C=O) groups is 1. The van der Waals surface area contributed by atoms with E-state index in [2.05, 4.69) is 5.32 Å². The first-order valence-corrected chi connectivity index (χ1v) is 6.13. The predicted octanol–water partition coefficient (Wildman–Crippen LogP) is 3.85. The molecule has 0 radical (unpaired) electrons. The molecule has 21 heavy (non-hydrogen) atoms. The maximum atomic E-state index is 12.9. The maximum absolute atomic E-state index is 12.9. The molecule has 3 nitrogen and oxygen atoms in total. The lowest BCUT2D eigenvalue weighted by molar-refractivity contribution is -0.137. The van der Waals surface area contributed by atoms with Gasteiger partial charge in [0.15, 0.2) is 0 Å². The molecule has 0 bridgehead atoms. The van der Waals surface area contributed by atoms with Crippen molar-refractivity contribution >= 4 is 17.3 Å². The predicted molar refractivity (Wildman–Crippen MR) is 75.0 cm³/mol. The van der Waals surface area contributed by atoms with Crippen LogP contribution in [0.2, 0.25) is 0 Å². The molecule has 0 unspecified atom stereocenters. The molecular weight excluding hydrogens is 281 g/mol. The van der Waals surface area contributed by atoms with Crippen LogP contribution in [0.4, 0.5) is 24.5 Å². The molecule has 0 atom stereocenters. The first-order valence-electron chi connectivity index (χ1n) is 6.13. The van der Waals surface area contributed by atoms with Crippen molar-refractivity contribution in [3.05, 3.63) is 59.2 Å². The molecular formula is C15H13F3N2O. The highest BCUT2D eigenvalue weighted by atomic mass is 19.4. The van der Waals surface area contributed by atoms with Crippen molar-refractivity contribution in [1.29, 1.82) is 0 Å². The average molecular weight is 294 g/mol. The third-order valence-corrected chi connectivity index (χ3v) is 3.02. The van der Waals surface area contributed by atoms with Gasteiger partial charge in [0.05, 0.1) is 22.5 Å². The number of aryl methyl sites for hydroxylation is 1. The third kappa shape index (κ3) is 3.16. The number of alkyl halides is 3. The largest absolute Gasteiger partial charge is 0.417 e. The van der Waals surface area contributed by atoms with E-state index in [4.69, 9.17) is 5.73 Å². The van der Waals surface area contributed by atoms with Crippen LogP contribution in [0.25, 0.3) is 0 Å². The van der Waals surface area contributed by atoms with Gasteiger partial charge in [-0.25, -0.2) is 0 Å². The second kappa shape index (κ2) is 5.47. The molecule has 3 N–H and O–H groups in total. The lowest BCUT2D eigenvalue weighted by Gasteiger charge is -2.14. The monoisotopic (exact) mass is 294 g/mol. The number of rotatable bonds is 2. The molecule has 0 aliphatic carbocycles. The topological polar surface area (TPSA) is 55.1 Å². The minimum Gasteiger partial charge on any atom is -0.397 e. The summed E-state index contributed by atoms with van der Waals surface area (Å²) in [5, 5.41) is 2.44. The van der Waals surface area contributed by atoms with E-state index in [-0.39, 0.29) is 0 Å². The van der Waals surface area contributed by atoms with Crippen LogP contribution in [-0.4, -0.2) is 5.91 Å². The van der Waals surface area contributed by atoms with Gasteiger partial charge in [-0.3, -0.25) is 4.79 Å². The minimum atomic E-state index is -4.59. The zero-order chi connectivity index (χ0) is 15.6. The van der Waals surface area contributed by atoms with Crippen molar-refractivity contribution in [2.24, 2.45) is 0 Å². The first-order chi connectivity index (χ1) is 9.80. The normalized spacial score (nSPS) is 11.2. The summed E-state index contributed by atoms with van der Waals surface area (Å²) in [6, 6.07) is 9.60. The van der Waals surface area contributed by atoms with Gasteiger partial charge in [0.25, 0.3) is 5.91 Å². The van der Waals surface area contributed by atoms with Crippen LogP contribution < -0.4 is 11.1 Å². The molecule has 0 saturated heterocycles. The van der Waals surface area contributed by atoms with Crippen LogP contribution in [0.3, 0.4) is 0 Å². The van der Waals surface area contributed by atoms with Gasteiger partial charge in [0.2, 0.25) is 0 Å². The van der Waals surface area contributed by atoms with E-state index < -0.39 is 23.2 Å². The number of amides is 1. The first kappa shape index (κ1) is 14.9. The quantitative estimate of drug-likeness (QED) is 0.827. The van der Waals surface area contributed by atoms with Crippen molar-refractivity contribution < 1.29 is 18.0 Å². The molecule has 2 rings (SSSR count). The zero-order valence-corrected chi connectivity index (χ0v) is 11.2. The molecule has 0 aromatic heterocycles. The molecule has 110 valence electrons. The molecule has 0 aliphatic rings. The smallest absolute Gasteiger partial charge is 0.397 e. The van der Waals surface area contributed by atoms with Gasteiger partial charge in [-0.2, -0.15) is 13.2 Å². The van der Waals surface area contributed by atoms with Gasteiger partial charge >= 0.3 is 6.18 Å². The Kier molecular flexibility index (Phi) is 3.88. The molecule has 0 spiro atoms.